The van der Waals surface area contributed by atoms with Crippen LogP contribution in [0.15, 0.2) is 67.4 Å². The van der Waals surface area contributed by atoms with E-state index in [2.05, 4.69) is 20.3 Å². The molecule has 0 N–H and O–H groups in total. The van der Waals surface area contributed by atoms with E-state index in [-0.39, 0.29) is 10.8 Å². The second-order valence-electron chi connectivity index (χ2n) is 11.6. The molecule has 212 valence electrons. The molecular weight excluding hydrogens is 615 g/mol. The minimum Gasteiger partial charge on any atom is -0.399 e. The average Bonchev–Trinajstić information content (AvgIpc) is 3.70. The molecule has 1 atom stereocenters. The van der Waals surface area contributed by atoms with Gasteiger partial charge < -0.3 is 19.1 Å². The molecule has 1 unspecified atom stereocenters. The Kier molecular flexibility index (Phi) is 7.53. The number of aliphatic imine (C=N–C) groups is 1. The molecule has 2 aliphatic heterocycles. The average molecular weight is 648 g/mol. The lowest BCUT2D eigenvalue weighted by atomic mass is 9.78. The Morgan fingerprint density at radius 3 is 2.38 bits per heavy atom. The van der Waals surface area contributed by atoms with Gasteiger partial charge >= 0.3 is 7.12 Å². The van der Waals surface area contributed by atoms with Gasteiger partial charge in [-0.15, -0.1) is 4.40 Å². The summed E-state index contributed by atoms with van der Waals surface area (Å²) in [6.45, 7) is 7.73. The molecule has 2 aromatic rings. The van der Waals surface area contributed by atoms with E-state index in [0.29, 0.717) is 16.2 Å². The maximum absolute atomic E-state index is 13.7. The molecule has 0 radical (unpaired) electrons. The second-order valence-corrected chi connectivity index (χ2v) is 14.5. The molecule has 2 heterocycles. The van der Waals surface area contributed by atoms with Gasteiger partial charge in [-0.1, -0.05) is 35.9 Å². The summed E-state index contributed by atoms with van der Waals surface area (Å²) >= 11 is 10.3. The van der Waals surface area contributed by atoms with Crippen LogP contribution in [0.4, 0.5) is 5.69 Å². The van der Waals surface area contributed by atoms with Gasteiger partial charge in [0.2, 0.25) is 0 Å². The van der Waals surface area contributed by atoms with Crippen LogP contribution < -0.4 is 10.4 Å². The van der Waals surface area contributed by atoms with E-state index < -0.39 is 34.0 Å². The Morgan fingerprint density at radius 1 is 1.12 bits per heavy atom. The molecule has 40 heavy (non-hydrogen) atoms. The van der Waals surface area contributed by atoms with E-state index in [1.54, 1.807) is 37.3 Å². The van der Waals surface area contributed by atoms with Crippen LogP contribution in [-0.4, -0.2) is 58.3 Å². The first-order valence-electron chi connectivity index (χ1n) is 13.1. The third-order valence-corrected chi connectivity index (χ3v) is 9.92. The van der Waals surface area contributed by atoms with Crippen molar-refractivity contribution >= 4 is 68.4 Å². The maximum atomic E-state index is 13.7. The topological polar surface area (TPSA) is 83.8 Å². The predicted octanol–water partition coefficient (Wildman–Crippen LogP) is 5.31. The van der Waals surface area contributed by atoms with E-state index in [0.717, 1.165) is 22.9 Å². The molecule has 2 aromatic carbocycles. The second kappa shape index (κ2) is 10.3. The molecule has 1 aliphatic carbocycles. The van der Waals surface area contributed by atoms with Crippen molar-refractivity contribution in [1.82, 2.24) is 4.90 Å². The largest absolute Gasteiger partial charge is 0.496 e. The zero-order chi connectivity index (χ0) is 29.1. The van der Waals surface area contributed by atoms with Crippen molar-refractivity contribution in [2.75, 3.05) is 19.0 Å². The summed E-state index contributed by atoms with van der Waals surface area (Å²) in [5, 5.41) is 0.597. The summed E-state index contributed by atoms with van der Waals surface area (Å²) in [6.07, 6.45) is 6.92. The van der Waals surface area contributed by atoms with Gasteiger partial charge in [-0.2, -0.15) is 8.42 Å². The normalized spacial score (nSPS) is 24.1. The number of anilines is 1. The van der Waals surface area contributed by atoms with E-state index >= 15 is 0 Å². The number of sulfonamides is 1. The van der Waals surface area contributed by atoms with Crippen LogP contribution in [0.3, 0.4) is 0 Å². The standard InChI is InChI=1S/C28H33BBrClN4O4S/c1-26(2)27(3,4)39-29(38-26)23-14-13-21(15-25(23)40(36,37)33-18-34(5)6)35-17-20(30)16-32-28(35,19-11-12-19)22-9-7-8-10-24(22)31/h7-10,13-19H,11-12H2,1-6H3. The quantitative estimate of drug-likeness (QED) is 0.230. The van der Waals surface area contributed by atoms with Gasteiger partial charge in [0.1, 0.15) is 6.34 Å². The zero-order valence-electron chi connectivity index (χ0n) is 23.4. The fourth-order valence-corrected chi connectivity index (χ4v) is 6.73. The number of nitrogens with zero attached hydrogens (tertiary/aromatic N) is 4. The van der Waals surface area contributed by atoms with Gasteiger partial charge in [-0.05, 0) is 74.7 Å². The van der Waals surface area contributed by atoms with Gasteiger partial charge in [-0.25, -0.2) is 0 Å². The lowest BCUT2D eigenvalue weighted by Gasteiger charge is -2.44. The summed E-state index contributed by atoms with van der Waals surface area (Å²) in [6, 6.07) is 12.9. The monoisotopic (exact) mass is 646 g/mol. The predicted molar refractivity (Wildman–Crippen MR) is 165 cm³/mol. The summed E-state index contributed by atoms with van der Waals surface area (Å²) in [5.41, 5.74) is -0.266. The molecule has 2 fully saturated rings. The van der Waals surface area contributed by atoms with Crippen LogP contribution >= 0.6 is 27.5 Å². The first kappa shape index (κ1) is 29.3. The summed E-state index contributed by atoms with van der Waals surface area (Å²) in [7, 11) is -1.61. The molecular formula is C28H33BBrClN4O4S. The fourth-order valence-electron chi connectivity index (χ4n) is 4.99. The van der Waals surface area contributed by atoms with Crippen molar-refractivity contribution in [2.24, 2.45) is 15.3 Å². The van der Waals surface area contributed by atoms with Crippen LogP contribution in [-0.2, 0) is 25.0 Å². The smallest absolute Gasteiger partial charge is 0.399 e. The first-order valence-corrected chi connectivity index (χ1v) is 15.7. The lowest BCUT2D eigenvalue weighted by Crippen LogP contribution is -2.46. The van der Waals surface area contributed by atoms with Crippen LogP contribution in [0, 0.1) is 5.92 Å². The number of benzene rings is 2. The van der Waals surface area contributed by atoms with Crippen LogP contribution in [0.1, 0.15) is 46.1 Å². The molecule has 1 saturated carbocycles. The Labute approximate surface area is 250 Å². The van der Waals surface area contributed by atoms with Crippen molar-refractivity contribution in [3.8, 4) is 0 Å². The van der Waals surface area contributed by atoms with Gasteiger partial charge in [-0.3, -0.25) is 4.99 Å². The van der Waals surface area contributed by atoms with Crippen molar-refractivity contribution in [3.63, 3.8) is 0 Å². The third-order valence-electron chi connectivity index (χ3n) is 7.90. The highest BCUT2D eigenvalue weighted by molar-refractivity contribution is 9.12. The molecule has 8 nitrogen and oxygen atoms in total. The van der Waals surface area contributed by atoms with Gasteiger partial charge in [0.25, 0.3) is 10.0 Å². The lowest BCUT2D eigenvalue weighted by molar-refractivity contribution is 0.00578. The minimum atomic E-state index is -4.14. The molecule has 0 amide bonds. The molecule has 3 aliphatic rings. The number of hydrogen-bond donors (Lipinski definition) is 0. The van der Waals surface area contributed by atoms with E-state index in [4.69, 9.17) is 25.9 Å². The summed E-state index contributed by atoms with van der Waals surface area (Å²) in [4.78, 5) is 8.64. The van der Waals surface area contributed by atoms with Crippen LogP contribution in [0.5, 0.6) is 0 Å². The van der Waals surface area contributed by atoms with Crippen LogP contribution in [0.25, 0.3) is 0 Å². The zero-order valence-corrected chi connectivity index (χ0v) is 26.6. The van der Waals surface area contributed by atoms with Crippen molar-refractivity contribution in [2.45, 2.75) is 62.3 Å². The Bertz CT molecular complexity index is 1510. The first-order chi connectivity index (χ1) is 18.7. The van der Waals surface area contributed by atoms with Crippen LogP contribution in [0.2, 0.25) is 5.02 Å². The highest BCUT2D eigenvalue weighted by atomic mass is 79.9. The molecule has 0 aromatic heterocycles. The Morgan fingerprint density at radius 2 is 1.77 bits per heavy atom. The molecule has 5 rings (SSSR count). The van der Waals surface area contributed by atoms with E-state index in [9.17, 15) is 8.42 Å². The number of allylic oxidation sites excluding steroid dienone is 1. The van der Waals surface area contributed by atoms with Crippen molar-refractivity contribution in [1.29, 1.82) is 0 Å². The van der Waals surface area contributed by atoms with Gasteiger partial charge in [0.15, 0.2) is 5.66 Å². The highest BCUT2D eigenvalue weighted by Gasteiger charge is 2.54. The molecule has 0 spiro atoms. The molecule has 0 bridgehead atoms. The Balaban J connectivity index is 1.70. The molecule has 1 saturated heterocycles. The maximum Gasteiger partial charge on any atom is 0.496 e. The Hall–Kier alpha value is -2.18. The molecule has 12 heteroatoms. The number of rotatable bonds is 7. The van der Waals surface area contributed by atoms with Gasteiger partial charge in [0.05, 0.1) is 20.6 Å². The fraction of sp³-hybridized carbons (Fsp3) is 0.429. The van der Waals surface area contributed by atoms with E-state index in [1.807, 2.05) is 69.1 Å². The van der Waals surface area contributed by atoms with Crippen molar-refractivity contribution in [3.05, 3.63) is 63.7 Å². The highest BCUT2D eigenvalue weighted by Crippen LogP contribution is 2.54. The number of halogens is 2. The number of hydrogen-bond acceptors (Lipinski definition) is 6. The van der Waals surface area contributed by atoms with Gasteiger partial charge in [0, 0.05) is 54.2 Å². The minimum absolute atomic E-state index is 0.00420. The SMILES string of the molecule is CN(C)C=NS(=O)(=O)c1cc(N2C=C(Br)C=NC2(c2ccccc2Cl)C2CC2)ccc1B1OC(C)(C)C(C)(C)O1. The van der Waals surface area contributed by atoms with Crippen molar-refractivity contribution < 1.29 is 17.7 Å². The third kappa shape index (κ3) is 5.15. The summed E-state index contributed by atoms with van der Waals surface area (Å²) in [5.74, 6) is 0.190. The summed E-state index contributed by atoms with van der Waals surface area (Å²) < 4.78 is 44.7. The van der Waals surface area contributed by atoms with E-state index in [1.165, 1.54) is 6.34 Å².